The lowest BCUT2D eigenvalue weighted by molar-refractivity contribution is -0.270. The molecule has 2 aromatic carbocycles. The summed E-state index contributed by atoms with van der Waals surface area (Å²) in [5, 5.41) is 20.3. The van der Waals surface area contributed by atoms with Crippen molar-refractivity contribution in [3.05, 3.63) is 58.5 Å². The van der Waals surface area contributed by atoms with E-state index in [1.165, 1.54) is 48.5 Å². The number of amides is 2. The molecule has 1 N–H and O–H groups in total. The Kier molecular flexibility index (Phi) is 5.18. The van der Waals surface area contributed by atoms with Crippen molar-refractivity contribution in [1.82, 2.24) is 0 Å². The molecule has 0 saturated carbocycles. The molecular formula is C19H14NO6S-. The molecule has 3 rings (SSSR count). The maximum atomic E-state index is 12.7. The highest BCUT2D eigenvalue weighted by Gasteiger charge is 2.36. The van der Waals surface area contributed by atoms with Crippen molar-refractivity contribution < 1.29 is 29.3 Å². The summed E-state index contributed by atoms with van der Waals surface area (Å²) in [6.45, 7) is 2.08. The van der Waals surface area contributed by atoms with E-state index in [9.17, 15) is 19.5 Å². The molecule has 2 amide bonds. The molecule has 1 aliphatic rings. The minimum atomic E-state index is -1.15. The lowest BCUT2D eigenvalue weighted by Gasteiger charge is -2.14. The Bertz CT molecular complexity index is 968. The van der Waals surface area contributed by atoms with Gasteiger partial charge in [0.15, 0.2) is 0 Å². The van der Waals surface area contributed by atoms with Gasteiger partial charge < -0.3 is 14.9 Å². The van der Waals surface area contributed by atoms with E-state index in [2.05, 4.69) is 0 Å². The van der Waals surface area contributed by atoms with Gasteiger partial charge in [0.25, 0.3) is 11.1 Å². The zero-order chi connectivity index (χ0) is 19.6. The smallest absolute Gasteiger partial charge is 0.335 e. The van der Waals surface area contributed by atoms with Crippen molar-refractivity contribution in [3.63, 3.8) is 0 Å². The Balaban J connectivity index is 1.92. The van der Waals surface area contributed by atoms with Crippen LogP contribution in [-0.2, 0) is 4.79 Å². The number of carbonyl (C=O) groups excluding carboxylic acids is 2. The molecule has 8 heteroatoms. The van der Waals surface area contributed by atoms with Gasteiger partial charge in [0.05, 0.1) is 22.8 Å². The van der Waals surface area contributed by atoms with Crippen LogP contribution in [0.5, 0.6) is 11.5 Å². The van der Waals surface area contributed by atoms with E-state index in [1.54, 1.807) is 6.92 Å². The summed E-state index contributed by atoms with van der Waals surface area (Å²) in [7, 11) is 0. The minimum Gasteiger partial charge on any atom is -0.870 e. The second-order valence-corrected chi connectivity index (χ2v) is 6.50. The van der Waals surface area contributed by atoms with Gasteiger partial charge in [-0.1, -0.05) is 23.9 Å². The summed E-state index contributed by atoms with van der Waals surface area (Å²) < 4.78 is 5.25. The van der Waals surface area contributed by atoms with E-state index in [1.807, 2.05) is 0 Å². The van der Waals surface area contributed by atoms with E-state index in [0.717, 1.165) is 16.7 Å². The molecule has 0 bridgehead atoms. The zero-order valence-corrected chi connectivity index (χ0v) is 15.0. The zero-order valence-electron chi connectivity index (χ0n) is 14.2. The quantitative estimate of drug-likeness (QED) is 0.789. The second-order valence-electron chi connectivity index (χ2n) is 5.51. The number of hydrogen-bond donors (Lipinski definition) is 1. The first-order chi connectivity index (χ1) is 12.9. The average molecular weight is 384 g/mol. The first-order valence-electron chi connectivity index (χ1n) is 7.96. The van der Waals surface area contributed by atoms with E-state index >= 15 is 0 Å². The largest absolute Gasteiger partial charge is 0.870 e. The van der Waals surface area contributed by atoms with Crippen molar-refractivity contribution >= 4 is 40.6 Å². The SMILES string of the molecule is CCOc1cc(/C=C2/SC(=O)N(c3cccc(C(=O)O)c3)C2=O)ccc1[O-]. The van der Waals surface area contributed by atoms with Crippen molar-refractivity contribution in [2.45, 2.75) is 6.92 Å². The summed E-state index contributed by atoms with van der Waals surface area (Å²) in [6.07, 6.45) is 1.49. The fourth-order valence-corrected chi connectivity index (χ4v) is 3.34. The molecule has 0 spiro atoms. The highest BCUT2D eigenvalue weighted by molar-refractivity contribution is 8.19. The summed E-state index contributed by atoms with van der Waals surface area (Å²) >= 11 is 0.741. The summed E-state index contributed by atoms with van der Waals surface area (Å²) in [5.41, 5.74) is 0.705. The average Bonchev–Trinajstić information content (AvgIpc) is 2.91. The van der Waals surface area contributed by atoms with Gasteiger partial charge in [-0.25, -0.2) is 9.69 Å². The number of anilines is 1. The van der Waals surface area contributed by atoms with Gasteiger partial charge in [0.1, 0.15) is 5.75 Å². The lowest BCUT2D eigenvalue weighted by atomic mass is 10.1. The number of imide groups is 1. The summed E-state index contributed by atoms with van der Waals surface area (Å²) in [6, 6.07) is 9.96. The Labute approximate surface area is 158 Å². The highest BCUT2D eigenvalue weighted by Crippen LogP contribution is 2.36. The Morgan fingerprint density at radius 2 is 2.04 bits per heavy atom. The van der Waals surface area contributed by atoms with Gasteiger partial charge >= 0.3 is 5.97 Å². The molecule has 2 aromatic rings. The third-order valence-electron chi connectivity index (χ3n) is 3.71. The van der Waals surface area contributed by atoms with Gasteiger partial charge in [-0.3, -0.25) is 9.59 Å². The summed E-state index contributed by atoms with van der Waals surface area (Å²) in [4.78, 5) is 37.2. The number of aromatic carboxylic acids is 1. The molecular weight excluding hydrogens is 370 g/mol. The predicted octanol–water partition coefficient (Wildman–Crippen LogP) is 3.10. The topological polar surface area (TPSA) is 107 Å². The molecule has 138 valence electrons. The molecule has 1 aliphatic heterocycles. The Morgan fingerprint density at radius 1 is 1.26 bits per heavy atom. The number of benzene rings is 2. The fourth-order valence-electron chi connectivity index (χ4n) is 2.50. The van der Waals surface area contributed by atoms with Gasteiger partial charge in [0.2, 0.25) is 0 Å². The van der Waals surface area contributed by atoms with Crippen LogP contribution in [0.15, 0.2) is 47.4 Å². The van der Waals surface area contributed by atoms with E-state index in [4.69, 9.17) is 9.84 Å². The number of ether oxygens (including phenoxy) is 1. The normalized spacial score (nSPS) is 15.4. The van der Waals surface area contributed by atoms with Crippen LogP contribution >= 0.6 is 11.8 Å². The van der Waals surface area contributed by atoms with Crippen molar-refractivity contribution in [3.8, 4) is 11.5 Å². The van der Waals surface area contributed by atoms with Crippen LogP contribution in [0, 0.1) is 0 Å². The number of carbonyl (C=O) groups is 3. The van der Waals surface area contributed by atoms with Crippen molar-refractivity contribution in [2.75, 3.05) is 11.5 Å². The standard InChI is InChI=1S/C19H15NO6S/c1-2-26-15-8-11(6-7-14(15)21)9-16-17(22)20(19(25)27-16)13-5-3-4-12(10-13)18(23)24/h3-10,21H,2H2,1H3,(H,23,24)/p-1/b16-9+. The van der Waals surface area contributed by atoms with Crippen LogP contribution in [0.2, 0.25) is 0 Å². The molecule has 27 heavy (non-hydrogen) atoms. The number of hydrogen-bond acceptors (Lipinski definition) is 6. The van der Waals surface area contributed by atoms with Gasteiger partial charge in [-0.05, 0) is 54.6 Å². The second kappa shape index (κ2) is 7.55. The summed E-state index contributed by atoms with van der Waals surface area (Å²) in [5.74, 6) is -1.82. The van der Waals surface area contributed by atoms with Crippen LogP contribution in [0.25, 0.3) is 6.08 Å². The van der Waals surface area contributed by atoms with Crippen LogP contribution in [0.3, 0.4) is 0 Å². The Hall–Kier alpha value is -3.26. The monoisotopic (exact) mass is 384 g/mol. The highest BCUT2D eigenvalue weighted by atomic mass is 32.2. The van der Waals surface area contributed by atoms with E-state index in [-0.39, 0.29) is 27.7 Å². The number of thioether (sulfide) groups is 1. The molecule has 0 unspecified atom stereocenters. The number of nitrogens with zero attached hydrogens (tertiary/aromatic N) is 1. The molecule has 1 heterocycles. The number of carboxylic acids is 1. The van der Waals surface area contributed by atoms with Crippen molar-refractivity contribution in [1.29, 1.82) is 0 Å². The first-order valence-corrected chi connectivity index (χ1v) is 8.77. The first kappa shape index (κ1) is 18.5. The molecule has 0 atom stereocenters. The van der Waals surface area contributed by atoms with Crippen LogP contribution in [-0.4, -0.2) is 28.8 Å². The molecule has 0 radical (unpaired) electrons. The van der Waals surface area contributed by atoms with E-state index in [0.29, 0.717) is 12.2 Å². The number of rotatable bonds is 5. The van der Waals surface area contributed by atoms with E-state index < -0.39 is 17.1 Å². The van der Waals surface area contributed by atoms with Crippen LogP contribution < -0.4 is 14.7 Å². The van der Waals surface area contributed by atoms with Crippen molar-refractivity contribution in [2.24, 2.45) is 0 Å². The predicted molar refractivity (Wildman–Crippen MR) is 98.9 cm³/mol. The molecule has 1 saturated heterocycles. The fraction of sp³-hybridized carbons (Fsp3) is 0.105. The van der Waals surface area contributed by atoms with Gasteiger partial charge in [-0.15, -0.1) is 0 Å². The molecule has 7 nitrogen and oxygen atoms in total. The number of carboxylic acid groups (broad SMARTS) is 1. The van der Waals surface area contributed by atoms with Crippen LogP contribution in [0.1, 0.15) is 22.8 Å². The lowest BCUT2D eigenvalue weighted by Crippen LogP contribution is -2.27. The maximum absolute atomic E-state index is 12.7. The molecule has 0 aliphatic carbocycles. The molecule has 1 fully saturated rings. The van der Waals surface area contributed by atoms with Gasteiger partial charge in [0, 0.05) is 0 Å². The molecule has 0 aromatic heterocycles. The van der Waals surface area contributed by atoms with Gasteiger partial charge in [-0.2, -0.15) is 0 Å². The third kappa shape index (κ3) is 3.80. The third-order valence-corrected chi connectivity index (χ3v) is 4.58. The Morgan fingerprint density at radius 3 is 2.74 bits per heavy atom. The van der Waals surface area contributed by atoms with Crippen LogP contribution in [0.4, 0.5) is 10.5 Å². The maximum Gasteiger partial charge on any atom is 0.335 e. The minimum absolute atomic E-state index is 0.0251.